The highest BCUT2D eigenvalue weighted by Crippen LogP contribution is 2.33. The van der Waals surface area contributed by atoms with Crippen LogP contribution in [0.5, 0.6) is 0 Å². The summed E-state index contributed by atoms with van der Waals surface area (Å²) in [5.74, 6) is -0.602. The number of aromatic nitrogens is 1. The third-order valence-electron chi connectivity index (χ3n) is 5.69. The minimum absolute atomic E-state index is 0.0834. The number of anilines is 2. The van der Waals surface area contributed by atoms with Gasteiger partial charge in [0, 0.05) is 43.5 Å². The van der Waals surface area contributed by atoms with Crippen molar-refractivity contribution in [2.75, 3.05) is 36.5 Å². The predicted octanol–water partition coefficient (Wildman–Crippen LogP) is 3.97. The molecule has 6 nitrogen and oxygen atoms in total. The number of rotatable bonds is 3. The molecule has 0 radical (unpaired) electrons. The van der Waals surface area contributed by atoms with Crippen LogP contribution in [-0.4, -0.2) is 43.0 Å². The Labute approximate surface area is 172 Å². The second-order valence-corrected chi connectivity index (χ2v) is 8.78. The van der Waals surface area contributed by atoms with Crippen molar-refractivity contribution in [3.63, 3.8) is 0 Å². The molecular formula is C23H29N3O3. The second kappa shape index (κ2) is 7.76. The molecule has 2 fully saturated rings. The highest BCUT2D eigenvalue weighted by atomic mass is 16.7. The summed E-state index contributed by atoms with van der Waals surface area (Å²) in [6.45, 7) is 9.53. The first-order valence-electron chi connectivity index (χ1n) is 10.3. The first-order chi connectivity index (χ1) is 13.8. The molecule has 2 aromatic rings. The summed E-state index contributed by atoms with van der Waals surface area (Å²) in [6.07, 6.45) is 3.36. The minimum Gasteiger partial charge on any atom is -0.371 e. The van der Waals surface area contributed by atoms with Gasteiger partial charge in [-0.25, -0.2) is 0 Å². The van der Waals surface area contributed by atoms with Gasteiger partial charge in [-0.05, 0) is 35.2 Å². The molecule has 0 bridgehead atoms. The summed E-state index contributed by atoms with van der Waals surface area (Å²) in [6, 6.07) is 11.8. The number of amides is 1. The Morgan fingerprint density at radius 2 is 1.72 bits per heavy atom. The van der Waals surface area contributed by atoms with Crippen LogP contribution in [-0.2, 0) is 14.9 Å². The van der Waals surface area contributed by atoms with Crippen LogP contribution in [0.3, 0.4) is 0 Å². The molecule has 2 aliphatic rings. The molecule has 6 heteroatoms. The average molecular weight is 396 g/mol. The molecule has 1 amide bonds. The van der Waals surface area contributed by atoms with Gasteiger partial charge in [0.1, 0.15) is 5.69 Å². The lowest BCUT2D eigenvalue weighted by molar-refractivity contribution is -0.169. The lowest BCUT2D eigenvalue weighted by Gasteiger charge is -2.38. The van der Waals surface area contributed by atoms with E-state index in [9.17, 15) is 4.79 Å². The molecule has 1 aromatic carbocycles. The topological polar surface area (TPSA) is 63.7 Å². The summed E-state index contributed by atoms with van der Waals surface area (Å²) < 4.78 is 11.6. The summed E-state index contributed by atoms with van der Waals surface area (Å²) in [5, 5.41) is 2.95. The Morgan fingerprint density at radius 3 is 2.34 bits per heavy atom. The van der Waals surface area contributed by atoms with Crippen LogP contribution in [0.2, 0.25) is 0 Å². The number of piperidine rings is 1. The van der Waals surface area contributed by atoms with Gasteiger partial charge in [0.2, 0.25) is 0 Å². The SMILES string of the molecule is CC(C)(C)c1ccc(NC(=O)c2cc(N3CCC4(CC3)OCCO4)ccn2)cc1. The zero-order valence-electron chi connectivity index (χ0n) is 17.4. The Bertz CT molecular complexity index is 858. The van der Waals surface area contributed by atoms with E-state index < -0.39 is 5.79 Å². The summed E-state index contributed by atoms with van der Waals surface area (Å²) in [5.41, 5.74) is 3.50. The number of benzene rings is 1. The molecule has 0 aliphatic carbocycles. The summed E-state index contributed by atoms with van der Waals surface area (Å²) in [7, 11) is 0. The van der Waals surface area contributed by atoms with Crippen molar-refractivity contribution in [3.8, 4) is 0 Å². The number of carbonyl (C=O) groups is 1. The molecule has 2 aliphatic heterocycles. The second-order valence-electron chi connectivity index (χ2n) is 8.78. The number of hydrogen-bond acceptors (Lipinski definition) is 5. The van der Waals surface area contributed by atoms with Crippen LogP contribution in [0, 0.1) is 0 Å². The van der Waals surface area contributed by atoms with E-state index in [0.717, 1.165) is 37.3 Å². The van der Waals surface area contributed by atoms with Crippen molar-refractivity contribution in [1.29, 1.82) is 0 Å². The molecule has 0 atom stereocenters. The molecule has 3 heterocycles. The van der Waals surface area contributed by atoms with Gasteiger partial charge >= 0.3 is 0 Å². The number of nitrogens with zero attached hydrogens (tertiary/aromatic N) is 2. The van der Waals surface area contributed by atoms with E-state index in [-0.39, 0.29) is 11.3 Å². The molecule has 1 spiro atoms. The maximum absolute atomic E-state index is 12.7. The van der Waals surface area contributed by atoms with Crippen molar-refractivity contribution < 1.29 is 14.3 Å². The molecular weight excluding hydrogens is 366 g/mol. The number of hydrogen-bond donors (Lipinski definition) is 1. The van der Waals surface area contributed by atoms with Gasteiger partial charge in [0.15, 0.2) is 5.79 Å². The fourth-order valence-electron chi connectivity index (χ4n) is 3.88. The molecule has 1 N–H and O–H groups in total. The molecule has 2 saturated heterocycles. The normalized spacial score (nSPS) is 18.8. The molecule has 4 rings (SSSR count). The van der Waals surface area contributed by atoms with Gasteiger partial charge < -0.3 is 19.7 Å². The largest absolute Gasteiger partial charge is 0.371 e. The van der Waals surface area contributed by atoms with E-state index in [1.54, 1.807) is 6.20 Å². The van der Waals surface area contributed by atoms with E-state index in [1.165, 1.54) is 5.56 Å². The van der Waals surface area contributed by atoms with E-state index in [0.29, 0.717) is 18.9 Å². The van der Waals surface area contributed by atoms with Crippen LogP contribution in [0.15, 0.2) is 42.6 Å². The first kappa shape index (κ1) is 19.9. The lowest BCUT2D eigenvalue weighted by atomic mass is 9.87. The maximum Gasteiger partial charge on any atom is 0.274 e. The van der Waals surface area contributed by atoms with Crippen molar-refractivity contribution in [2.45, 2.75) is 44.8 Å². The number of nitrogens with one attached hydrogen (secondary N) is 1. The van der Waals surface area contributed by atoms with E-state index >= 15 is 0 Å². The van der Waals surface area contributed by atoms with Crippen molar-refractivity contribution in [3.05, 3.63) is 53.9 Å². The highest BCUT2D eigenvalue weighted by molar-refractivity contribution is 6.03. The molecule has 154 valence electrons. The van der Waals surface area contributed by atoms with Crippen LogP contribution in [0.1, 0.15) is 49.7 Å². The summed E-state index contributed by atoms with van der Waals surface area (Å²) >= 11 is 0. The van der Waals surface area contributed by atoms with E-state index in [4.69, 9.17) is 9.47 Å². The van der Waals surface area contributed by atoms with Gasteiger partial charge in [0.25, 0.3) is 5.91 Å². The van der Waals surface area contributed by atoms with Gasteiger partial charge in [-0.2, -0.15) is 0 Å². The van der Waals surface area contributed by atoms with Crippen molar-refractivity contribution >= 4 is 17.3 Å². The van der Waals surface area contributed by atoms with Gasteiger partial charge in [-0.1, -0.05) is 32.9 Å². The quantitative estimate of drug-likeness (QED) is 0.852. The smallest absolute Gasteiger partial charge is 0.274 e. The Balaban J connectivity index is 1.41. The number of pyridine rings is 1. The zero-order valence-corrected chi connectivity index (χ0v) is 17.4. The Kier molecular flexibility index (Phi) is 5.32. The molecule has 0 saturated carbocycles. The first-order valence-corrected chi connectivity index (χ1v) is 10.3. The molecule has 0 unspecified atom stereocenters. The fraction of sp³-hybridized carbons (Fsp3) is 0.478. The highest BCUT2D eigenvalue weighted by Gasteiger charge is 2.39. The van der Waals surface area contributed by atoms with Gasteiger partial charge in [-0.3, -0.25) is 9.78 Å². The Hall–Kier alpha value is -2.44. The third-order valence-corrected chi connectivity index (χ3v) is 5.69. The molecule has 1 aromatic heterocycles. The van der Waals surface area contributed by atoms with Gasteiger partial charge in [0.05, 0.1) is 13.2 Å². The predicted molar refractivity (Wildman–Crippen MR) is 113 cm³/mol. The third kappa shape index (κ3) is 4.43. The van der Waals surface area contributed by atoms with Gasteiger partial charge in [-0.15, -0.1) is 0 Å². The van der Waals surface area contributed by atoms with Crippen LogP contribution in [0.4, 0.5) is 11.4 Å². The monoisotopic (exact) mass is 395 g/mol. The summed E-state index contributed by atoms with van der Waals surface area (Å²) in [4.78, 5) is 19.2. The molecule has 29 heavy (non-hydrogen) atoms. The fourth-order valence-corrected chi connectivity index (χ4v) is 3.88. The standard InChI is InChI=1S/C23H29N3O3/c1-22(2,3)17-4-6-18(7-5-17)25-21(27)20-16-19(8-11-24-20)26-12-9-23(10-13-26)28-14-15-29-23/h4-8,11,16H,9-10,12-15H2,1-3H3,(H,25,27). The van der Waals surface area contributed by atoms with Crippen LogP contribution < -0.4 is 10.2 Å². The van der Waals surface area contributed by atoms with Crippen molar-refractivity contribution in [2.24, 2.45) is 0 Å². The average Bonchev–Trinajstić information content (AvgIpc) is 3.16. The van der Waals surface area contributed by atoms with Crippen LogP contribution >= 0.6 is 0 Å². The lowest BCUT2D eigenvalue weighted by Crippen LogP contribution is -2.45. The van der Waals surface area contributed by atoms with Crippen LogP contribution in [0.25, 0.3) is 0 Å². The minimum atomic E-state index is -0.400. The zero-order chi connectivity index (χ0) is 20.5. The maximum atomic E-state index is 12.7. The Morgan fingerprint density at radius 1 is 1.07 bits per heavy atom. The van der Waals surface area contributed by atoms with Crippen molar-refractivity contribution in [1.82, 2.24) is 4.98 Å². The number of carbonyl (C=O) groups excluding carboxylic acids is 1. The van der Waals surface area contributed by atoms with E-state index in [1.807, 2.05) is 24.3 Å². The number of ether oxygens (including phenoxy) is 2. The van der Waals surface area contributed by atoms with E-state index in [2.05, 4.69) is 48.1 Å².